The number of benzene rings is 1. The average molecular weight is 526 g/mol. The number of urea groups is 1. The van der Waals surface area contributed by atoms with E-state index in [0.717, 1.165) is 31.7 Å². The van der Waals surface area contributed by atoms with Crippen LogP contribution in [0.25, 0.3) is 0 Å². The third-order valence-electron chi connectivity index (χ3n) is 7.46. The van der Waals surface area contributed by atoms with Crippen molar-refractivity contribution in [3.8, 4) is 0 Å². The van der Waals surface area contributed by atoms with Gasteiger partial charge in [0.2, 0.25) is 0 Å². The lowest BCUT2D eigenvalue weighted by atomic mass is 9.90. The number of halogens is 2. The number of carbonyl (C=O) groups excluding carboxylic acids is 1. The van der Waals surface area contributed by atoms with E-state index in [2.05, 4.69) is 17.6 Å². The summed E-state index contributed by atoms with van der Waals surface area (Å²) in [5, 5.41) is 17.4. The van der Waals surface area contributed by atoms with Crippen LogP contribution < -0.4 is 10.6 Å². The Hall–Kier alpha value is -1.81. The molecule has 0 radical (unpaired) electrons. The van der Waals surface area contributed by atoms with Crippen LogP contribution in [-0.2, 0) is 15.9 Å². The maximum absolute atomic E-state index is 13.8. The highest BCUT2D eigenvalue weighted by Gasteiger charge is 2.34. The lowest BCUT2D eigenvalue weighted by Crippen LogP contribution is -2.60. The van der Waals surface area contributed by atoms with Crippen LogP contribution in [0.5, 0.6) is 0 Å². The van der Waals surface area contributed by atoms with Crippen molar-refractivity contribution in [3.63, 3.8) is 0 Å². The molecule has 1 aliphatic heterocycles. The van der Waals surface area contributed by atoms with Crippen LogP contribution >= 0.6 is 0 Å². The minimum absolute atomic E-state index is 0.0745. The van der Waals surface area contributed by atoms with Crippen LogP contribution in [0.3, 0.4) is 0 Å². The zero-order valence-corrected chi connectivity index (χ0v) is 22.4. The summed E-state index contributed by atoms with van der Waals surface area (Å²) >= 11 is 0. The maximum Gasteiger partial charge on any atom is 0.317 e. The molecule has 3 rings (SSSR count). The lowest BCUT2D eigenvalue weighted by Gasteiger charge is -2.37. The lowest BCUT2D eigenvalue weighted by molar-refractivity contribution is -0.178. The average Bonchev–Trinajstić information content (AvgIpc) is 2.89. The second kappa shape index (κ2) is 15.6. The Morgan fingerprint density at radius 3 is 2.57 bits per heavy atom. The normalized spacial score (nSPS) is 22.4. The highest BCUT2D eigenvalue weighted by molar-refractivity contribution is 5.74. The molecule has 210 valence electrons. The molecule has 0 unspecified atom stereocenters. The first-order valence-electron chi connectivity index (χ1n) is 14.0. The number of aliphatic hydroxyl groups is 1. The molecule has 4 atom stereocenters. The molecule has 2 fully saturated rings. The van der Waals surface area contributed by atoms with E-state index in [4.69, 9.17) is 9.47 Å². The number of unbranched alkanes of at least 4 members (excludes halogenated alkanes) is 3. The van der Waals surface area contributed by atoms with Gasteiger partial charge in [0, 0.05) is 26.2 Å². The second-order valence-electron chi connectivity index (χ2n) is 10.6. The Balaban J connectivity index is 1.57. The minimum Gasteiger partial charge on any atom is -0.389 e. The molecule has 1 aromatic carbocycles. The number of carbonyl (C=O) groups is 1. The number of hydrogen-bond donors (Lipinski definition) is 3. The fraction of sp³-hybridized carbons (Fsp3) is 0.750. The molecule has 1 aliphatic carbocycles. The van der Waals surface area contributed by atoms with Crippen molar-refractivity contribution in [2.75, 3.05) is 33.4 Å². The van der Waals surface area contributed by atoms with Gasteiger partial charge in [0.1, 0.15) is 11.6 Å². The molecule has 37 heavy (non-hydrogen) atoms. The number of morpholine rings is 1. The first-order valence-corrected chi connectivity index (χ1v) is 14.0. The molecule has 0 spiro atoms. The minimum atomic E-state index is -1.04. The third kappa shape index (κ3) is 10.1. The van der Waals surface area contributed by atoms with Crippen LogP contribution in [0.1, 0.15) is 70.3 Å². The van der Waals surface area contributed by atoms with Gasteiger partial charge in [-0.15, -0.1) is 0 Å². The van der Waals surface area contributed by atoms with Gasteiger partial charge in [-0.05, 0) is 49.3 Å². The number of ether oxygens (including phenoxy) is 2. The van der Waals surface area contributed by atoms with E-state index in [-0.39, 0.29) is 25.3 Å². The second-order valence-corrected chi connectivity index (χ2v) is 10.6. The molecule has 1 aromatic rings. The van der Waals surface area contributed by atoms with Gasteiger partial charge in [0.15, 0.2) is 6.29 Å². The first-order chi connectivity index (χ1) is 17.9. The summed E-state index contributed by atoms with van der Waals surface area (Å²) in [4.78, 5) is 14.5. The number of rotatable bonds is 13. The Morgan fingerprint density at radius 1 is 1.19 bits per heavy atom. The van der Waals surface area contributed by atoms with Crippen LogP contribution in [0.4, 0.5) is 13.6 Å². The van der Waals surface area contributed by atoms with Crippen LogP contribution in [0.15, 0.2) is 18.2 Å². The van der Waals surface area contributed by atoms with Gasteiger partial charge in [-0.2, -0.15) is 0 Å². The van der Waals surface area contributed by atoms with E-state index in [1.54, 1.807) is 11.9 Å². The number of hydrogen-bond acceptors (Lipinski definition) is 5. The Labute approximate surface area is 220 Å². The monoisotopic (exact) mass is 525 g/mol. The molecular weight excluding hydrogens is 480 g/mol. The topological polar surface area (TPSA) is 83.1 Å². The van der Waals surface area contributed by atoms with Crippen LogP contribution in [0.2, 0.25) is 0 Å². The fourth-order valence-electron chi connectivity index (χ4n) is 5.17. The third-order valence-corrected chi connectivity index (χ3v) is 7.46. The summed E-state index contributed by atoms with van der Waals surface area (Å²) in [7, 11) is 1.71. The number of nitrogens with one attached hydrogen (secondary N) is 2. The van der Waals surface area contributed by atoms with Crippen molar-refractivity contribution in [3.05, 3.63) is 35.4 Å². The maximum atomic E-state index is 13.8. The highest BCUT2D eigenvalue weighted by Crippen LogP contribution is 2.24. The summed E-state index contributed by atoms with van der Waals surface area (Å²) < 4.78 is 39.5. The van der Waals surface area contributed by atoms with Crippen molar-refractivity contribution >= 4 is 6.03 Å². The van der Waals surface area contributed by atoms with Crippen molar-refractivity contribution in [2.24, 2.45) is 5.92 Å². The van der Waals surface area contributed by atoms with Gasteiger partial charge in [-0.3, -0.25) is 0 Å². The smallest absolute Gasteiger partial charge is 0.317 e. The quantitative estimate of drug-likeness (QED) is 0.333. The van der Waals surface area contributed by atoms with Gasteiger partial charge in [-0.25, -0.2) is 13.6 Å². The molecule has 7 nitrogen and oxygen atoms in total. The molecule has 2 aliphatic rings. The molecule has 1 saturated carbocycles. The molecule has 0 aromatic heterocycles. The zero-order chi connectivity index (χ0) is 26.6. The molecule has 1 heterocycles. The van der Waals surface area contributed by atoms with Crippen molar-refractivity contribution in [1.29, 1.82) is 0 Å². The van der Waals surface area contributed by atoms with Crippen LogP contribution in [-0.4, -0.2) is 73.9 Å². The summed E-state index contributed by atoms with van der Waals surface area (Å²) in [5.74, 6) is -0.815. The summed E-state index contributed by atoms with van der Waals surface area (Å²) in [5.41, 5.74) is 0.359. The van der Waals surface area contributed by atoms with Crippen LogP contribution in [0, 0.1) is 17.6 Å². The molecule has 2 amide bonds. The van der Waals surface area contributed by atoms with E-state index in [0.29, 0.717) is 31.2 Å². The van der Waals surface area contributed by atoms with E-state index in [1.165, 1.54) is 44.2 Å². The number of aliphatic hydroxyl groups excluding tert-OH is 1. The van der Waals surface area contributed by atoms with E-state index in [1.807, 2.05) is 0 Å². The number of amides is 2. The molecule has 1 saturated heterocycles. The molecule has 3 N–H and O–H groups in total. The van der Waals surface area contributed by atoms with Gasteiger partial charge in [-0.1, -0.05) is 45.4 Å². The van der Waals surface area contributed by atoms with Gasteiger partial charge >= 0.3 is 6.03 Å². The molecule has 0 bridgehead atoms. The molecular formula is C28H45F2N3O4. The predicted molar refractivity (Wildman–Crippen MR) is 139 cm³/mol. The summed E-state index contributed by atoms with van der Waals surface area (Å²) in [6.45, 7) is 4.02. The Morgan fingerprint density at radius 2 is 1.92 bits per heavy atom. The Bertz CT molecular complexity index is 796. The van der Waals surface area contributed by atoms with E-state index < -0.39 is 29.8 Å². The van der Waals surface area contributed by atoms with Crippen molar-refractivity contribution in [1.82, 2.24) is 15.5 Å². The fourth-order valence-corrected chi connectivity index (χ4v) is 5.17. The largest absolute Gasteiger partial charge is 0.389 e. The van der Waals surface area contributed by atoms with Crippen molar-refractivity contribution in [2.45, 2.75) is 95.6 Å². The Kier molecular flexibility index (Phi) is 12.5. The molecule has 9 heteroatoms. The van der Waals surface area contributed by atoms with Gasteiger partial charge in [0.05, 0.1) is 31.4 Å². The predicted octanol–water partition coefficient (Wildman–Crippen LogP) is 4.37. The van der Waals surface area contributed by atoms with Crippen molar-refractivity contribution < 1.29 is 28.2 Å². The number of nitrogens with zero attached hydrogens (tertiary/aromatic N) is 1. The van der Waals surface area contributed by atoms with E-state index >= 15 is 0 Å². The summed E-state index contributed by atoms with van der Waals surface area (Å²) in [6, 6.07) is 1.69. The summed E-state index contributed by atoms with van der Waals surface area (Å²) in [6.07, 6.45) is 8.98. The highest BCUT2D eigenvalue weighted by atomic mass is 19.1. The van der Waals surface area contributed by atoms with Gasteiger partial charge < -0.3 is 30.1 Å². The van der Waals surface area contributed by atoms with Gasteiger partial charge in [0.25, 0.3) is 0 Å². The standard InChI is InChI=1S/C28H45F2N3O4/c1-3-4-5-9-12-33(2)28(35)32-24(15-21-13-22(29)16-23(30)14-21)27(34)25-19-37-26(17-31-25)36-18-20-10-7-6-8-11-20/h13-14,16,20,24-27,31,34H,3-12,15,17-19H2,1-2H3,(H,32,35)/t24-,25+,26+,27-/m0/s1. The van der Waals surface area contributed by atoms with E-state index in [9.17, 15) is 18.7 Å². The zero-order valence-electron chi connectivity index (χ0n) is 22.4. The SMILES string of the molecule is CCCCCCN(C)C(=O)N[C@@H](Cc1cc(F)cc(F)c1)[C@H](O)[C@H]1CO[C@@H](OCC2CCCCC2)CN1. The first kappa shape index (κ1) is 29.7.